The number of benzene rings is 1. The molecule has 1 saturated heterocycles. The summed E-state index contributed by atoms with van der Waals surface area (Å²) in [6.45, 7) is 6.61. The molecule has 0 radical (unpaired) electrons. The zero-order valence-corrected chi connectivity index (χ0v) is 18.8. The molecule has 8 heteroatoms. The minimum atomic E-state index is -0.654. The molecule has 0 bridgehead atoms. The number of likely N-dealkylation sites (tertiary alicyclic amines) is 1. The number of nitrogen functional groups attached to an aromatic ring is 1. The van der Waals surface area contributed by atoms with Gasteiger partial charge in [0.15, 0.2) is 0 Å². The Labute approximate surface area is 185 Å². The predicted molar refractivity (Wildman–Crippen MR) is 124 cm³/mol. The monoisotopic (exact) mass is 437 g/mol. The van der Waals surface area contributed by atoms with Gasteiger partial charge in [0.2, 0.25) is 0 Å². The molecular weight excluding hydrogens is 410 g/mol. The Bertz CT molecular complexity index is 1140. The molecule has 1 fully saturated rings. The van der Waals surface area contributed by atoms with Gasteiger partial charge in [-0.25, -0.2) is 9.97 Å². The second kappa shape index (κ2) is 8.63. The Balaban J connectivity index is 1.57. The lowest BCUT2D eigenvalue weighted by Crippen LogP contribution is -2.46. The second-order valence-corrected chi connectivity index (χ2v) is 9.43. The Kier molecular flexibility index (Phi) is 5.91. The molecule has 3 aromatic rings. The zero-order valence-electron chi connectivity index (χ0n) is 18.0. The summed E-state index contributed by atoms with van der Waals surface area (Å²) in [6, 6.07) is 7.78. The van der Waals surface area contributed by atoms with E-state index in [0.29, 0.717) is 30.4 Å². The van der Waals surface area contributed by atoms with E-state index in [1.165, 1.54) is 6.20 Å². The maximum absolute atomic E-state index is 13.2. The Morgan fingerprint density at radius 1 is 1.29 bits per heavy atom. The van der Waals surface area contributed by atoms with Crippen molar-refractivity contribution in [1.29, 1.82) is 0 Å². The number of aryl methyl sites for hydroxylation is 2. The molecule has 3 N–H and O–H groups in total. The molecular formula is C23H27N5O2S. The highest BCUT2D eigenvalue weighted by Gasteiger charge is 2.34. The zero-order chi connectivity index (χ0) is 22.1. The average Bonchev–Trinajstić information content (AvgIpc) is 3.13. The van der Waals surface area contributed by atoms with Crippen molar-refractivity contribution in [3.8, 4) is 0 Å². The number of nitrogens with zero attached hydrogens (tertiary/aromatic N) is 3. The minimum absolute atomic E-state index is 0.142. The van der Waals surface area contributed by atoms with Crippen molar-refractivity contribution < 1.29 is 9.59 Å². The first-order chi connectivity index (χ1) is 14.9. The molecule has 31 heavy (non-hydrogen) atoms. The van der Waals surface area contributed by atoms with Gasteiger partial charge in [-0.2, -0.15) is 0 Å². The lowest BCUT2D eigenvalue weighted by atomic mass is 9.89. The number of nitrogens with two attached hydrogens (primary N) is 1. The van der Waals surface area contributed by atoms with Gasteiger partial charge in [-0.05, 0) is 61.4 Å². The standard InChI is InChI=1S/C23H27N5O2S/c1-4-15-9-17(11-25-21(15)24)27-22(29)23(30)28-12-13(2)5-7-19(28)16-6-8-20-18(10-16)26-14(3)31-20/h6,8-11,13,19H,4-5,7,12H2,1-3H3,(H2,24,25)(H,27,29)/t13-,19?/m0/s1. The SMILES string of the molecule is CCc1cc(NC(=O)C(=O)N2C[C@@H](C)CCC2c2ccc3sc(C)nc3c2)cnc1N. The summed E-state index contributed by atoms with van der Waals surface area (Å²) in [7, 11) is 0. The van der Waals surface area contributed by atoms with Crippen molar-refractivity contribution in [3.05, 3.63) is 46.6 Å². The summed E-state index contributed by atoms with van der Waals surface area (Å²) < 4.78 is 1.13. The van der Waals surface area contributed by atoms with Crippen molar-refractivity contribution in [2.45, 2.75) is 46.1 Å². The highest BCUT2D eigenvalue weighted by Crippen LogP contribution is 2.35. The molecule has 4 rings (SSSR count). The first-order valence-electron chi connectivity index (χ1n) is 10.6. The van der Waals surface area contributed by atoms with E-state index in [2.05, 4.69) is 40.4 Å². The number of piperidine rings is 1. The maximum atomic E-state index is 13.2. The molecule has 7 nitrogen and oxygen atoms in total. The number of thiazole rings is 1. The Morgan fingerprint density at radius 3 is 2.87 bits per heavy atom. The molecule has 0 saturated carbocycles. The number of carbonyl (C=O) groups excluding carboxylic acids is 2. The van der Waals surface area contributed by atoms with Crippen LogP contribution in [0.4, 0.5) is 11.5 Å². The number of hydrogen-bond donors (Lipinski definition) is 2. The average molecular weight is 438 g/mol. The number of carbonyl (C=O) groups is 2. The molecule has 1 aliphatic rings. The van der Waals surface area contributed by atoms with E-state index in [-0.39, 0.29) is 6.04 Å². The van der Waals surface area contributed by atoms with Crippen LogP contribution in [0.5, 0.6) is 0 Å². The van der Waals surface area contributed by atoms with Crippen LogP contribution < -0.4 is 11.1 Å². The number of hydrogen-bond acceptors (Lipinski definition) is 6. The number of nitrogens with one attached hydrogen (secondary N) is 1. The molecule has 1 aliphatic heterocycles. The second-order valence-electron chi connectivity index (χ2n) is 8.19. The van der Waals surface area contributed by atoms with Gasteiger partial charge in [-0.3, -0.25) is 9.59 Å². The van der Waals surface area contributed by atoms with Gasteiger partial charge < -0.3 is 16.0 Å². The lowest BCUT2D eigenvalue weighted by Gasteiger charge is -2.38. The normalized spacial score (nSPS) is 18.9. The van der Waals surface area contributed by atoms with Gasteiger partial charge in [0.1, 0.15) is 5.82 Å². The number of fused-ring (bicyclic) bond motifs is 1. The molecule has 2 atom stereocenters. The van der Waals surface area contributed by atoms with Gasteiger partial charge in [0.05, 0.1) is 33.2 Å². The van der Waals surface area contributed by atoms with Gasteiger partial charge in [0.25, 0.3) is 0 Å². The summed E-state index contributed by atoms with van der Waals surface area (Å²) in [4.78, 5) is 36.4. The van der Waals surface area contributed by atoms with Crippen molar-refractivity contribution >= 4 is 44.9 Å². The topological polar surface area (TPSA) is 101 Å². The van der Waals surface area contributed by atoms with Crippen LogP contribution in [-0.4, -0.2) is 33.2 Å². The van der Waals surface area contributed by atoms with Crippen LogP contribution in [-0.2, 0) is 16.0 Å². The molecule has 3 heterocycles. The van der Waals surface area contributed by atoms with E-state index in [4.69, 9.17) is 5.73 Å². The van der Waals surface area contributed by atoms with Crippen LogP contribution in [0.25, 0.3) is 10.2 Å². The fourth-order valence-electron chi connectivity index (χ4n) is 4.18. The number of rotatable bonds is 3. The number of pyridine rings is 1. The summed E-state index contributed by atoms with van der Waals surface area (Å²) >= 11 is 1.65. The molecule has 2 amide bonds. The summed E-state index contributed by atoms with van der Waals surface area (Å²) in [6.07, 6.45) is 4.00. The molecule has 162 valence electrons. The first kappa shape index (κ1) is 21.2. The highest BCUT2D eigenvalue weighted by molar-refractivity contribution is 7.18. The van der Waals surface area contributed by atoms with Crippen LogP contribution in [0.3, 0.4) is 0 Å². The number of amides is 2. The van der Waals surface area contributed by atoms with Crippen LogP contribution >= 0.6 is 11.3 Å². The number of anilines is 2. The van der Waals surface area contributed by atoms with Crippen molar-refractivity contribution in [3.63, 3.8) is 0 Å². The van der Waals surface area contributed by atoms with Crippen LogP contribution in [0, 0.1) is 12.8 Å². The Morgan fingerprint density at radius 2 is 2.10 bits per heavy atom. The largest absolute Gasteiger partial charge is 0.383 e. The molecule has 1 unspecified atom stereocenters. The molecule has 2 aromatic heterocycles. The van der Waals surface area contributed by atoms with Crippen molar-refractivity contribution in [2.75, 3.05) is 17.6 Å². The van der Waals surface area contributed by atoms with Gasteiger partial charge in [-0.15, -0.1) is 11.3 Å². The smallest absolute Gasteiger partial charge is 0.313 e. The van der Waals surface area contributed by atoms with E-state index in [1.54, 1.807) is 22.3 Å². The van der Waals surface area contributed by atoms with Gasteiger partial charge in [0, 0.05) is 6.54 Å². The molecule has 0 spiro atoms. The third-order valence-electron chi connectivity index (χ3n) is 5.82. The third-order valence-corrected chi connectivity index (χ3v) is 6.77. The van der Waals surface area contributed by atoms with E-state index in [9.17, 15) is 9.59 Å². The van der Waals surface area contributed by atoms with Crippen molar-refractivity contribution in [1.82, 2.24) is 14.9 Å². The van der Waals surface area contributed by atoms with Gasteiger partial charge >= 0.3 is 11.8 Å². The quantitative estimate of drug-likeness (QED) is 0.601. The van der Waals surface area contributed by atoms with Crippen LogP contribution in [0.1, 0.15) is 48.9 Å². The van der Waals surface area contributed by atoms with Crippen LogP contribution in [0.15, 0.2) is 30.5 Å². The summed E-state index contributed by atoms with van der Waals surface area (Å²) in [5.41, 5.74) is 9.12. The minimum Gasteiger partial charge on any atom is -0.383 e. The fraction of sp³-hybridized carbons (Fsp3) is 0.391. The predicted octanol–water partition coefficient (Wildman–Crippen LogP) is 4.08. The fourth-order valence-corrected chi connectivity index (χ4v) is 4.99. The summed E-state index contributed by atoms with van der Waals surface area (Å²) in [5, 5.41) is 3.72. The Hall–Kier alpha value is -3.00. The number of aromatic nitrogens is 2. The highest BCUT2D eigenvalue weighted by atomic mass is 32.1. The van der Waals surface area contributed by atoms with Gasteiger partial charge in [-0.1, -0.05) is 19.9 Å². The van der Waals surface area contributed by atoms with E-state index in [0.717, 1.165) is 39.2 Å². The first-order valence-corrected chi connectivity index (χ1v) is 11.4. The van der Waals surface area contributed by atoms with E-state index in [1.807, 2.05) is 13.8 Å². The molecule has 0 aliphatic carbocycles. The third kappa shape index (κ3) is 4.39. The summed E-state index contributed by atoms with van der Waals surface area (Å²) in [5.74, 6) is -0.410. The van der Waals surface area contributed by atoms with Crippen molar-refractivity contribution in [2.24, 2.45) is 5.92 Å². The lowest BCUT2D eigenvalue weighted by molar-refractivity contribution is -0.146. The van der Waals surface area contributed by atoms with E-state index >= 15 is 0 Å². The molecule has 1 aromatic carbocycles. The van der Waals surface area contributed by atoms with Crippen LogP contribution in [0.2, 0.25) is 0 Å². The maximum Gasteiger partial charge on any atom is 0.313 e. The van der Waals surface area contributed by atoms with E-state index < -0.39 is 11.8 Å².